The maximum atomic E-state index is 17.3. The van der Waals surface area contributed by atoms with Gasteiger partial charge in [-0.3, -0.25) is 0 Å². The molecule has 1 aliphatic rings. The molecule has 0 fully saturated rings. The Morgan fingerprint density at radius 1 is 0.329 bits per heavy atom. The predicted octanol–water partition coefficient (Wildman–Crippen LogP) is 19.7. The minimum absolute atomic E-state index is 0.328. The molecule has 344 valence electrons. The number of ether oxygens (including phenoxy) is 1. The second-order valence-corrected chi connectivity index (χ2v) is 18.5. The summed E-state index contributed by atoms with van der Waals surface area (Å²) in [5.41, 5.74) is 14.6. The van der Waals surface area contributed by atoms with E-state index in [1.165, 1.54) is 0 Å². The molecule has 2 heterocycles. The Kier molecular flexibility index (Phi) is 10.0. The lowest BCUT2D eigenvalue weighted by atomic mass is 9.89. The molecule has 0 N–H and O–H groups in total. The molecule has 0 unspecified atom stereocenters. The fourth-order valence-electron chi connectivity index (χ4n) is 10.9. The monoisotopic (exact) mass is 938 g/mol. The van der Waals surface area contributed by atoms with Gasteiger partial charge in [-0.2, -0.15) is 0 Å². The van der Waals surface area contributed by atoms with Gasteiger partial charge in [-0.05, 0) is 141 Å². The Bertz CT molecular complexity index is 4230. The van der Waals surface area contributed by atoms with Gasteiger partial charge in [0.05, 0.1) is 17.1 Å². The molecule has 0 atom stereocenters. The van der Waals surface area contributed by atoms with E-state index in [-0.39, 0.29) is 5.82 Å². The molecule has 1 aromatic heterocycles. The third-order valence-corrected chi connectivity index (χ3v) is 14.3. The molecular weight excluding hydrogens is 896 g/mol. The smallest absolute Gasteiger partial charge is 0.159 e. The highest BCUT2D eigenvalue weighted by atomic mass is 19.1. The fraction of sp³-hybridized carbons (Fsp3) is 0. The second kappa shape index (κ2) is 17.3. The van der Waals surface area contributed by atoms with Crippen molar-refractivity contribution >= 4 is 77.6 Å². The minimum Gasteiger partial charge on any atom is -0.456 e. The first-order valence-corrected chi connectivity index (χ1v) is 24.6. The number of benzene rings is 12. The van der Waals surface area contributed by atoms with Crippen LogP contribution in [0.3, 0.4) is 0 Å². The highest BCUT2D eigenvalue weighted by Crippen LogP contribution is 2.52. The summed E-state index contributed by atoms with van der Waals surface area (Å²) in [6.07, 6.45) is 0. The lowest BCUT2D eigenvalue weighted by Gasteiger charge is -2.30. The van der Waals surface area contributed by atoms with Gasteiger partial charge < -0.3 is 19.0 Å². The van der Waals surface area contributed by atoms with Gasteiger partial charge in [0.2, 0.25) is 0 Å². The Morgan fingerprint density at radius 2 is 0.932 bits per heavy atom. The van der Waals surface area contributed by atoms with Gasteiger partial charge in [0.1, 0.15) is 22.9 Å². The van der Waals surface area contributed by atoms with Gasteiger partial charge in [-0.1, -0.05) is 164 Å². The number of fused-ring (bicyclic) bond motifs is 7. The summed E-state index contributed by atoms with van der Waals surface area (Å²) in [7, 11) is 0. The molecule has 73 heavy (non-hydrogen) atoms. The van der Waals surface area contributed by atoms with Crippen molar-refractivity contribution in [2.45, 2.75) is 0 Å². The van der Waals surface area contributed by atoms with Crippen LogP contribution in [0.25, 0.3) is 88.0 Å². The first-order chi connectivity index (χ1) is 36.1. The molecule has 1 aliphatic heterocycles. The molecule has 0 aliphatic carbocycles. The average Bonchev–Trinajstić information content (AvgIpc) is 3.84. The molecule has 13 aromatic rings. The van der Waals surface area contributed by atoms with Crippen molar-refractivity contribution in [3.05, 3.63) is 267 Å². The van der Waals surface area contributed by atoms with Crippen LogP contribution in [0.5, 0.6) is 11.5 Å². The summed E-state index contributed by atoms with van der Waals surface area (Å²) in [6, 6.07) is 89.3. The van der Waals surface area contributed by atoms with E-state index in [0.717, 1.165) is 122 Å². The highest BCUT2D eigenvalue weighted by Gasteiger charge is 2.27. The van der Waals surface area contributed by atoms with Crippen LogP contribution in [0.4, 0.5) is 38.5 Å². The van der Waals surface area contributed by atoms with E-state index in [1.54, 1.807) is 6.07 Å². The summed E-state index contributed by atoms with van der Waals surface area (Å²) < 4.78 is 30.7. The van der Waals surface area contributed by atoms with E-state index in [9.17, 15) is 0 Å². The van der Waals surface area contributed by atoms with E-state index >= 15 is 4.39 Å². The summed E-state index contributed by atoms with van der Waals surface area (Å²) in [6.45, 7) is 0. The Labute approximate surface area is 421 Å². The maximum absolute atomic E-state index is 17.3. The van der Waals surface area contributed by atoms with Crippen molar-refractivity contribution in [3.63, 3.8) is 0 Å². The fourth-order valence-corrected chi connectivity index (χ4v) is 10.9. The van der Waals surface area contributed by atoms with E-state index in [4.69, 9.17) is 9.15 Å². The molecule has 5 heteroatoms. The highest BCUT2D eigenvalue weighted by molar-refractivity contribution is 6.18. The van der Waals surface area contributed by atoms with Crippen LogP contribution in [0.2, 0.25) is 0 Å². The number of furan rings is 1. The summed E-state index contributed by atoms with van der Waals surface area (Å²) in [5.74, 6) is 1.16. The van der Waals surface area contributed by atoms with Gasteiger partial charge in [0.25, 0.3) is 0 Å². The van der Waals surface area contributed by atoms with Gasteiger partial charge in [0.15, 0.2) is 5.58 Å². The van der Waals surface area contributed by atoms with Gasteiger partial charge in [-0.15, -0.1) is 0 Å². The number of hydrogen-bond acceptors (Lipinski definition) is 4. The zero-order valence-electron chi connectivity index (χ0n) is 39.4. The summed E-state index contributed by atoms with van der Waals surface area (Å²) in [5, 5.41) is 6.64. The largest absolute Gasteiger partial charge is 0.456 e. The molecule has 12 aromatic carbocycles. The zero-order chi connectivity index (χ0) is 48.4. The van der Waals surface area contributed by atoms with Crippen LogP contribution in [0, 0.1) is 5.82 Å². The van der Waals surface area contributed by atoms with Crippen LogP contribution in [0.1, 0.15) is 0 Å². The minimum atomic E-state index is -0.328. The molecular formula is C68H43FN2O2. The second-order valence-electron chi connectivity index (χ2n) is 18.5. The number of halogens is 1. The Balaban J connectivity index is 0.849. The van der Waals surface area contributed by atoms with Crippen LogP contribution in [-0.2, 0) is 0 Å². The molecule has 0 bridgehead atoms. The van der Waals surface area contributed by atoms with E-state index in [0.29, 0.717) is 11.4 Å². The van der Waals surface area contributed by atoms with Crippen LogP contribution < -0.4 is 14.5 Å². The average molecular weight is 939 g/mol. The zero-order valence-corrected chi connectivity index (χ0v) is 39.4. The van der Waals surface area contributed by atoms with E-state index < -0.39 is 0 Å². The maximum Gasteiger partial charge on any atom is 0.159 e. The van der Waals surface area contributed by atoms with Crippen molar-refractivity contribution < 1.29 is 13.5 Å². The molecule has 0 saturated carbocycles. The van der Waals surface area contributed by atoms with Crippen molar-refractivity contribution in [1.29, 1.82) is 0 Å². The number of para-hydroxylation sites is 4. The topological polar surface area (TPSA) is 28.9 Å². The Hall–Kier alpha value is -9.71. The quantitative estimate of drug-likeness (QED) is 0.135. The van der Waals surface area contributed by atoms with E-state index in [2.05, 4.69) is 144 Å². The Morgan fingerprint density at radius 3 is 1.70 bits per heavy atom. The molecule has 0 radical (unpaired) electrons. The van der Waals surface area contributed by atoms with Gasteiger partial charge in [0, 0.05) is 50.4 Å². The third-order valence-electron chi connectivity index (χ3n) is 14.3. The summed E-state index contributed by atoms with van der Waals surface area (Å²) >= 11 is 0. The third kappa shape index (κ3) is 7.20. The van der Waals surface area contributed by atoms with Gasteiger partial charge >= 0.3 is 0 Å². The summed E-state index contributed by atoms with van der Waals surface area (Å²) in [4.78, 5) is 4.29. The van der Waals surface area contributed by atoms with Crippen molar-refractivity contribution in [1.82, 2.24) is 0 Å². The molecule has 14 rings (SSSR count). The molecule has 0 saturated heterocycles. The first kappa shape index (κ1) is 42.2. The number of nitrogens with zero attached hydrogens (tertiary/aromatic N) is 2. The lowest BCUT2D eigenvalue weighted by Crippen LogP contribution is -2.14. The lowest BCUT2D eigenvalue weighted by molar-refractivity contribution is 0.487. The molecule has 0 spiro atoms. The SMILES string of the molecule is Fc1cc(-c2ccccc2)cc(-c2ccccc2)c1N(c1ccccc1)c1ccc2c(c1)Oc1cccc3c1c-2cc1ccc(-c2ccc(N(c4ccccc4)c4cccc5c4oc4ccccc45)cc2)cc13. The predicted molar refractivity (Wildman–Crippen MR) is 300 cm³/mol. The standard InChI is InChI=1S/C68H43FN2O2/c69-61-42-49(44-17-5-1-6-18-44)41-59(46-19-7-2-8-20-46)67(61)71(51-23-11-4-12-24-51)53-37-38-55-60-40-48-32-31-47(39-58(48)56-26-16-30-64(66(56)60)72-65(55)43-53)45-33-35-52(36-34-45)70(50-21-9-3-10-22-50)62-28-15-27-57-54-25-13-14-29-63(54)73-68(57)62/h1-43H. The molecule has 4 nitrogen and oxygen atoms in total. The van der Waals surface area contributed by atoms with Crippen LogP contribution >= 0.6 is 0 Å². The van der Waals surface area contributed by atoms with Crippen LogP contribution in [-0.4, -0.2) is 0 Å². The van der Waals surface area contributed by atoms with E-state index in [1.807, 2.05) is 120 Å². The van der Waals surface area contributed by atoms with Crippen LogP contribution in [0.15, 0.2) is 265 Å². The number of rotatable bonds is 9. The number of anilines is 6. The van der Waals surface area contributed by atoms with Crippen molar-refractivity contribution in [2.75, 3.05) is 9.80 Å². The molecule has 0 amide bonds. The number of hydrogen-bond donors (Lipinski definition) is 0. The van der Waals surface area contributed by atoms with Gasteiger partial charge in [-0.25, -0.2) is 4.39 Å². The normalized spacial score (nSPS) is 11.7. The van der Waals surface area contributed by atoms with Crippen molar-refractivity contribution in [3.8, 4) is 56.0 Å². The van der Waals surface area contributed by atoms with Crippen molar-refractivity contribution in [2.24, 2.45) is 0 Å². The first-order valence-electron chi connectivity index (χ1n) is 24.6.